The van der Waals surface area contributed by atoms with Gasteiger partial charge in [-0.15, -0.1) is 0 Å². The lowest BCUT2D eigenvalue weighted by atomic mass is 10.0. The molecule has 5 rings (SSSR count). The van der Waals surface area contributed by atoms with Gasteiger partial charge in [0.1, 0.15) is 5.75 Å². The van der Waals surface area contributed by atoms with Crippen LogP contribution < -0.4 is 4.74 Å². The summed E-state index contributed by atoms with van der Waals surface area (Å²) in [4.78, 5) is 5.93. The monoisotopic (exact) mass is 390 g/mol. The van der Waals surface area contributed by atoms with Gasteiger partial charge in [0, 0.05) is 16.1 Å². The summed E-state index contributed by atoms with van der Waals surface area (Å²) in [6.07, 6.45) is 0. The Balaban J connectivity index is 1.87. The third-order valence-electron chi connectivity index (χ3n) is 4.62. The molecule has 27 heavy (non-hydrogen) atoms. The molecule has 0 bridgehead atoms. The summed E-state index contributed by atoms with van der Waals surface area (Å²) < 4.78 is 8.69. The van der Waals surface area contributed by atoms with E-state index in [1.807, 2.05) is 42.5 Å². The van der Waals surface area contributed by atoms with Crippen LogP contribution in [0.2, 0.25) is 5.02 Å². The number of ether oxygens (including phenoxy) is 1. The fourth-order valence-electron chi connectivity index (χ4n) is 3.35. The smallest absolute Gasteiger partial charge is 0.195 e. The average Bonchev–Trinajstić information content (AvgIpc) is 3.25. The second kappa shape index (κ2) is 6.41. The van der Waals surface area contributed by atoms with Crippen molar-refractivity contribution in [3.05, 3.63) is 77.8 Å². The van der Waals surface area contributed by atoms with Gasteiger partial charge >= 0.3 is 0 Å². The molecule has 5 heteroatoms. The fourth-order valence-corrected chi connectivity index (χ4v) is 4.53. The molecule has 3 nitrogen and oxygen atoms in total. The summed E-state index contributed by atoms with van der Waals surface area (Å²) in [6, 6.07) is 24.4. The first kappa shape index (κ1) is 16.4. The van der Waals surface area contributed by atoms with Gasteiger partial charge in [0.2, 0.25) is 0 Å². The molecule has 0 atom stereocenters. The van der Waals surface area contributed by atoms with Crippen molar-refractivity contribution in [3.8, 4) is 28.3 Å². The normalized spacial score (nSPS) is 11.3. The van der Waals surface area contributed by atoms with Crippen molar-refractivity contribution in [3.63, 3.8) is 0 Å². The van der Waals surface area contributed by atoms with Crippen LogP contribution in [0.25, 0.3) is 37.7 Å². The molecule has 0 aliphatic rings. The zero-order valence-corrected chi connectivity index (χ0v) is 16.1. The van der Waals surface area contributed by atoms with Crippen LogP contribution in [0, 0.1) is 0 Å². The minimum Gasteiger partial charge on any atom is -0.497 e. The second-order valence-electron chi connectivity index (χ2n) is 6.24. The lowest BCUT2D eigenvalue weighted by molar-refractivity contribution is 0.415. The number of hydrogen-bond acceptors (Lipinski definition) is 3. The lowest BCUT2D eigenvalue weighted by Crippen LogP contribution is -1.90. The lowest BCUT2D eigenvalue weighted by Gasteiger charge is -2.07. The zero-order chi connectivity index (χ0) is 18.4. The van der Waals surface area contributed by atoms with Crippen LogP contribution in [0.1, 0.15) is 0 Å². The Morgan fingerprint density at radius 3 is 2.44 bits per heavy atom. The SMILES string of the molecule is COc1ccc(-c2c(-c3ccccc3)nc3sc4ccc(Cl)cc4n23)cc1. The number of nitrogens with zero attached hydrogens (tertiary/aromatic N) is 2. The van der Waals surface area contributed by atoms with Gasteiger partial charge in [-0.3, -0.25) is 4.40 Å². The van der Waals surface area contributed by atoms with Crippen molar-refractivity contribution in [1.29, 1.82) is 0 Å². The van der Waals surface area contributed by atoms with Crippen molar-refractivity contribution in [2.24, 2.45) is 0 Å². The Morgan fingerprint density at radius 2 is 1.70 bits per heavy atom. The minimum absolute atomic E-state index is 0.720. The maximum absolute atomic E-state index is 6.29. The summed E-state index contributed by atoms with van der Waals surface area (Å²) >= 11 is 7.96. The maximum Gasteiger partial charge on any atom is 0.195 e. The molecule has 0 aliphatic heterocycles. The summed E-state index contributed by atoms with van der Waals surface area (Å²) in [7, 11) is 1.68. The molecule has 0 aliphatic carbocycles. The highest BCUT2D eigenvalue weighted by molar-refractivity contribution is 7.23. The van der Waals surface area contributed by atoms with Gasteiger partial charge in [0.05, 0.1) is 28.7 Å². The van der Waals surface area contributed by atoms with Gasteiger partial charge in [0.25, 0.3) is 0 Å². The average molecular weight is 391 g/mol. The summed E-state index contributed by atoms with van der Waals surface area (Å²) in [5, 5.41) is 0.720. The van der Waals surface area contributed by atoms with Crippen LogP contribution >= 0.6 is 22.9 Å². The van der Waals surface area contributed by atoms with Crippen LogP contribution in [0.3, 0.4) is 0 Å². The predicted octanol–water partition coefficient (Wildman–Crippen LogP) is 6.55. The molecule has 2 heterocycles. The van der Waals surface area contributed by atoms with E-state index in [0.29, 0.717) is 0 Å². The van der Waals surface area contributed by atoms with E-state index in [9.17, 15) is 0 Å². The highest BCUT2D eigenvalue weighted by Gasteiger charge is 2.19. The molecule has 132 valence electrons. The van der Waals surface area contributed by atoms with E-state index in [0.717, 1.165) is 48.5 Å². The highest BCUT2D eigenvalue weighted by Crippen LogP contribution is 2.39. The maximum atomic E-state index is 6.29. The summed E-state index contributed by atoms with van der Waals surface area (Å²) in [5.41, 5.74) is 5.28. The first-order chi connectivity index (χ1) is 13.2. The largest absolute Gasteiger partial charge is 0.497 e. The summed E-state index contributed by atoms with van der Waals surface area (Å²) in [6.45, 7) is 0. The number of benzene rings is 3. The Morgan fingerprint density at radius 1 is 0.926 bits per heavy atom. The van der Waals surface area contributed by atoms with Gasteiger partial charge in [-0.1, -0.05) is 53.3 Å². The van der Waals surface area contributed by atoms with Crippen molar-refractivity contribution in [2.75, 3.05) is 7.11 Å². The minimum atomic E-state index is 0.720. The third-order valence-corrected chi connectivity index (χ3v) is 5.88. The molecule has 2 aromatic heterocycles. The van der Waals surface area contributed by atoms with Crippen LogP contribution in [-0.4, -0.2) is 16.5 Å². The molecule has 0 radical (unpaired) electrons. The first-order valence-electron chi connectivity index (χ1n) is 8.55. The van der Waals surface area contributed by atoms with Gasteiger partial charge in [0.15, 0.2) is 4.96 Å². The topological polar surface area (TPSA) is 26.5 Å². The third kappa shape index (κ3) is 2.69. The fraction of sp³-hybridized carbons (Fsp3) is 0.0455. The van der Waals surface area contributed by atoms with Gasteiger partial charge < -0.3 is 4.74 Å². The molecule has 0 saturated carbocycles. The van der Waals surface area contributed by atoms with Crippen LogP contribution in [0.4, 0.5) is 0 Å². The van der Waals surface area contributed by atoms with Gasteiger partial charge in [-0.25, -0.2) is 4.98 Å². The van der Waals surface area contributed by atoms with Crippen molar-refractivity contribution < 1.29 is 4.74 Å². The Bertz CT molecular complexity index is 1260. The van der Waals surface area contributed by atoms with Crippen LogP contribution in [0.15, 0.2) is 72.8 Å². The molecular weight excluding hydrogens is 376 g/mol. The van der Waals surface area contributed by atoms with E-state index in [4.69, 9.17) is 21.3 Å². The van der Waals surface area contributed by atoms with Crippen molar-refractivity contribution >= 4 is 38.1 Å². The molecule has 0 saturated heterocycles. The van der Waals surface area contributed by atoms with E-state index in [-0.39, 0.29) is 0 Å². The zero-order valence-electron chi connectivity index (χ0n) is 14.5. The van der Waals surface area contributed by atoms with Crippen molar-refractivity contribution in [2.45, 2.75) is 0 Å². The van der Waals surface area contributed by atoms with E-state index < -0.39 is 0 Å². The quantitative estimate of drug-likeness (QED) is 0.349. The number of methoxy groups -OCH3 is 1. The second-order valence-corrected chi connectivity index (χ2v) is 7.68. The summed E-state index contributed by atoms with van der Waals surface area (Å²) in [5.74, 6) is 0.832. The van der Waals surface area contributed by atoms with Crippen LogP contribution in [-0.2, 0) is 0 Å². The van der Waals surface area contributed by atoms with Crippen LogP contribution in [0.5, 0.6) is 5.75 Å². The van der Waals surface area contributed by atoms with Crippen molar-refractivity contribution in [1.82, 2.24) is 9.38 Å². The predicted molar refractivity (Wildman–Crippen MR) is 113 cm³/mol. The van der Waals surface area contributed by atoms with E-state index in [1.165, 1.54) is 0 Å². The number of halogens is 1. The molecule has 0 fully saturated rings. The molecule has 5 aromatic rings. The number of imidazole rings is 1. The molecule has 0 amide bonds. The van der Waals surface area contributed by atoms with E-state index in [2.05, 4.69) is 34.7 Å². The molecular formula is C22H15ClN2OS. The Hall–Kier alpha value is -2.82. The van der Waals surface area contributed by atoms with Gasteiger partial charge in [-0.2, -0.15) is 0 Å². The van der Waals surface area contributed by atoms with E-state index in [1.54, 1.807) is 18.4 Å². The van der Waals surface area contributed by atoms with E-state index >= 15 is 0 Å². The standard InChI is InChI=1S/C22H15ClN2OS/c1-26-17-10-7-15(8-11-17)21-20(14-5-3-2-4-6-14)24-22-25(21)18-13-16(23)9-12-19(18)27-22/h2-13H,1H3. The number of thiazole rings is 1. The molecule has 0 spiro atoms. The number of fused-ring (bicyclic) bond motifs is 3. The number of rotatable bonds is 3. The highest BCUT2D eigenvalue weighted by atomic mass is 35.5. The van der Waals surface area contributed by atoms with Gasteiger partial charge in [-0.05, 0) is 42.5 Å². The Labute approximate surface area is 165 Å². The molecule has 0 unspecified atom stereocenters. The Kier molecular flexibility index (Phi) is 3.88. The molecule has 3 aromatic carbocycles. The number of aromatic nitrogens is 2. The molecule has 0 N–H and O–H groups in total. The number of hydrogen-bond donors (Lipinski definition) is 0. The first-order valence-corrected chi connectivity index (χ1v) is 9.74.